The number of hydrogen-bond donors (Lipinski definition) is 3. The Morgan fingerprint density at radius 2 is 1.95 bits per heavy atom. The van der Waals surface area contributed by atoms with Gasteiger partial charge >= 0.3 is 5.97 Å². The molecule has 0 radical (unpaired) electrons. The normalized spacial score (nSPS) is 14.6. The number of aliphatic hydroxyl groups excluding tert-OH is 1. The molecule has 0 fully saturated rings. The fraction of sp³-hybridized carbons (Fsp3) is 0.387. The Labute approximate surface area is 223 Å². The van der Waals surface area contributed by atoms with Crippen LogP contribution in [0.25, 0.3) is 11.1 Å². The molecule has 0 aliphatic carbocycles. The van der Waals surface area contributed by atoms with Crippen molar-refractivity contribution >= 4 is 5.97 Å². The van der Waals surface area contributed by atoms with Gasteiger partial charge in [0, 0.05) is 18.5 Å². The van der Waals surface area contributed by atoms with Crippen LogP contribution in [0.2, 0.25) is 0 Å². The molecule has 0 bridgehead atoms. The monoisotopic (exact) mass is 521 g/mol. The number of aromatic carboxylic acids is 1. The van der Waals surface area contributed by atoms with Crippen molar-refractivity contribution in [3.63, 3.8) is 0 Å². The van der Waals surface area contributed by atoms with Gasteiger partial charge in [0.05, 0.1) is 25.4 Å². The van der Waals surface area contributed by atoms with Gasteiger partial charge in [-0.2, -0.15) is 0 Å². The fourth-order valence-corrected chi connectivity index (χ4v) is 4.85. The minimum atomic E-state index is -1.02. The van der Waals surface area contributed by atoms with Gasteiger partial charge in [-0.3, -0.25) is 0 Å². The molecule has 38 heavy (non-hydrogen) atoms. The summed E-state index contributed by atoms with van der Waals surface area (Å²) in [5.41, 5.74) is 4.81. The van der Waals surface area contributed by atoms with Gasteiger partial charge in [0.25, 0.3) is 0 Å². The summed E-state index contributed by atoms with van der Waals surface area (Å²) < 4.78 is 25.5. The number of carboxylic acid groups (broad SMARTS) is 1. The van der Waals surface area contributed by atoms with Gasteiger partial charge in [0.15, 0.2) is 0 Å². The Hall–Kier alpha value is -3.26. The standard InChI is InChI=1S/C31H36FNO5/c1-19-9-10-21(13-28(19)32)16-31(3,4)33-17-24(34)18-38-20(2)25-7-5-6-8-26(25)23-14-22-11-12-37-29(22)27(15-23)30(35)36/h5-10,13-15,20,24,33-34H,11-12,16-18H2,1-4H3,(H,35,36)/t20?,24-/m1/s1. The van der Waals surface area contributed by atoms with Crippen LogP contribution >= 0.6 is 0 Å². The highest BCUT2D eigenvalue weighted by atomic mass is 19.1. The molecule has 1 aliphatic rings. The van der Waals surface area contributed by atoms with Gasteiger partial charge in [-0.25, -0.2) is 9.18 Å². The maximum Gasteiger partial charge on any atom is 0.339 e. The zero-order valence-corrected chi connectivity index (χ0v) is 22.4. The highest BCUT2D eigenvalue weighted by molar-refractivity contribution is 5.94. The largest absolute Gasteiger partial charge is 0.492 e. The second-order valence-electron chi connectivity index (χ2n) is 10.7. The molecular weight excluding hydrogens is 485 g/mol. The Morgan fingerprint density at radius 1 is 1.18 bits per heavy atom. The molecular formula is C31H36FNO5. The van der Waals surface area contributed by atoms with E-state index < -0.39 is 12.1 Å². The van der Waals surface area contributed by atoms with E-state index >= 15 is 0 Å². The third-order valence-corrected chi connectivity index (χ3v) is 6.96. The minimum absolute atomic E-state index is 0.121. The first-order valence-electron chi connectivity index (χ1n) is 13.0. The van der Waals surface area contributed by atoms with Crippen molar-refractivity contribution in [2.45, 2.75) is 58.3 Å². The molecule has 3 N–H and O–H groups in total. The minimum Gasteiger partial charge on any atom is -0.492 e. The molecule has 4 rings (SSSR count). The van der Waals surface area contributed by atoms with Crippen LogP contribution in [0.5, 0.6) is 5.75 Å². The number of β-amino-alcohol motifs (C(OH)–C–C–N with tert-alkyl or cyclic N) is 1. The predicted molar refractivity (Wildman–Crippen MR) is 145 cm³/mol. The molecule has 7 heteroatoms. The van der Waals surface area contributed by atoms with Crippen molar-refractivity contribution in [3.8, 4) is 16.9 Å². The summed E-state index contributed by atoms with van der Waals surface area (Å²) in [4.78, 5) is 11.8. The quantitative estimate of drug-likeness (QED) is 0.310. The van der Waals surface area contributed by atoms with Gasteiger partial charge in [-0.1, -0.05) is 36.4 Å². The van der Waals surface area contributed by atoms with E-state index in [2.05, 4.69) is 5.32 Å². The predicted octanol–water partition coefficient (Wildman–Crippen LogP) is 5.48. The smallest absolute Gasteiger partial charge is 0.339 e. The van der Waals surface area contributed by atoms with Crippen molar-refractivity contribution in [2.24, 2.45) is 0 Å². The average molecular weight is 522 g/mol. The van der Waals surface area contributed by atoms with Gasteiger partial charge in [-0.05, 0) is 85.7 Å². The highest BCUT2D eigenvalue weighted by Gasteiger charge is 2.24. The molecule has 3 aromatic rings. The first kappa shape index (κ1) is 27.8. The van der Waals surface area contributed by atoms with Crippen LogP contribution in [0.3, 0.4) is 0 Å². The summed E-state index contributed by atoms with van der Waals surface area (Å²) >= 11 is 0. The molecule has 0 saturated heterocycles. The van der Waals surface area contributed by atoms with Crippen molar-refractivity contribution in [1.29, 1.82) is 0 Å². The van der Waals surface area contributed by atoms with Crippen LogP contribution in [0.4, 0.5) is 4.39 Å². The van der Waals surface area contributed by atoms with Crippen LogP contribution in [0.15, 0.2) is 54.6 Å². The zero-order chi connectivity index (χ0) is 27.4. The Bertz CT molecular complexity index is 1310. The summed E-state index contributed by atoms with van der Waals surface area (Å²) in [5.74, 6) is -0.777. The van der Waals surface area contributed by atoms with Crippen molar-refractivity contribution in [3.05, 3.63) is 88.2 Å². The van der Waals surface area contributed by atoms with E-state index in [-0.39, 0.29) is 29.6 Å². The van der Waals surface area contributed by atoms with Crippen LogP contribution in [0.1, 0.15) is 59.5 Å². The fourth-order valence-electron chi connectivity index (χ4n) is 4.85. The van der Waals surface area contributed by atoms with Crippen LogP contribution in [-0.4, -0.2) is 47.6 Å². The maximum absolute atomic E-state index is 13.9. The number of fused-ring (bicyclic) bond motifs is 1. The van der Waals surface area contributed by atoms with E-state index in [0.29, 0.717) is 37.3 Å². The topological polar surface area (TPSA) is 88.0 Å². The lowest BCUT2D eigenvalue weighted by atomic mass is 9.93. The van der Waals surface area contributed by atoms with Gasteiger partial charge < -0.3 is 25.0 Å². The molecule has 6 nitrogen and oxygen atoms in total. The van der Waals surface area contributed by atoms with E-state index in [4.69, 9.17) is 9.47 Å². The third kappa shape index (κ3) is 6.59. The number of nitrogens with one attached hydrogen (secondary N) is 1. The molecule has 3 aromatic carbocycles. The first-order chi connectivity index (χ1) is 18.0. The van der Waals surface area contributed by atoms with E-state index in [1.165, 1.54) is 0 Å². The molecule has 0 spiro atoms. The lowest BCUT2D eigenvalue weighted by molar-refractivity contribution is -0.00397. The lowest BCUT2D eigenvalue weighted by Crippen LogP contribution is -2.46. The number of carboxylic acids is 1. The number of ether oxygens (including phenoxy) is 2. The Kier molecular flexibility index (Phi) is 8.51. The number of carbonyl (C=O) groups is 1. The summed E-state index contributed by atoms with van der Waals surface area (Å²) in [6, 6.07) is 16.6. The second-order valence-corrected chi connectivity index (χ2v) is 10.7. The van der Waals surface area contributed by atoms with E-state index in [0.717, 1.165) is 27.8 Å². The molecule has 202 valence electrons. The number of halogens is 1. The van der Waals surface area contributed by atoms with Gasteiger partial charge in [0.1, 0.15) is 17.1 Å². The van der Waals surface area contributed by atoms with E-state index in [9.17, 15) is 19.4 Å². The van der Waals surface area contributed by atoms with E-state index in [1.807, 2.05) is 57.2 Å². The third-order valence-electron chi connectivity index (χ3n) is 6.96. The summed E-state index contributed by atoms with van der Waals surface area (Å²) in [6.45, 7) is 8.62. The molecule has 1 aliphatic heterocycles. The van der Waals surface area contributed by atoms with Crippen molar-refractivity contribution < 1.29 is 28.9 Å². The summed E-state index contributed by atoms with van der Waals surface area (Å²) in [5, 5.41) is 23.7. The van der Waals surface area contributed by atoms with Crippen LogP contribution in [-0.2, 0) is 17.6 Å². The number of hydrogen-bond acceptors (Lipinski definition) is 5. The second kappa shape index (κ2) is 11.6. The van der Waals surface area contributed by atoms with Crippen molar-refractivity contribution in [1.82, 2.24) is 5.32 Å². The molecule has 0 amide bonds. The maximum atomic E-state index is 13.9. The van der Waals surface area contributed by atoms with E-state index in [1.54, 1.807) is 25.1 Å². The molecule has 2 atom stereocenters. The number of rotatable bonds is 11. The lowest BCUT2D eigenvalue weighted by Gasteiger charge is -2.28. The molecule has 0 saturated carbocycles. The first-order valence-corrected chi connectivity index (χ1v) is 13.0. The number of benzene rings is 3. The SMILES string of the molecule is Cc1ccc(CC(C)(C)NC[C@@H](O)COC(C)c2ccccc2-c2cc3c(c(C(=O)O)c2)OCC3)cc1F. The highest BCUT2D eigenvalue weighted by Crippen LogP contribution is 2.37. The average Bonchev–Trinajstić information content (AvgIpc) is 3.36. The van der Waals surface area contributed by atoms with Gasteiger partial charge in [0.2, 0.25) is 0 Å². The molecule has 0 aromatic heterocycles. The zero-order valence-electron chi connectivity index (χ0n) is 22.4. The number of aryl methyl sites for hydroxylation is 1. The van der Waals surface area contributed by atoms with Gasteiger partial charge in [-0.15, -0.1) is 0 Å². The van der Waals surface area contributed by atoms with Crippen LogP contribution < -0.4 is 10.1 Å². The van der Waals surface area contributed by atoms with Crippen LogP contribution in [0, 0.1) is 12.7 Å². The van der Waals surface area contributed by atoms with Crippen molar-refractivity contribution in [2.75, 3.05) is 19.8 Å². The summed E-state index contributed by atoms with van der Waals surface area (Å²) in [6.07, 6.45) is 0.217. The molecule has 1 unspecified atom stereocenters. The summed E-state index contributed by atoms with van der Waals surface area (Å²) in [7, 11) is 0. The Morgan fingerprint density at radius 3 is 2.68 bits per heavy atom. The number of aliphatic hydroxyl groups is 1. The molecule has 1 heterocycles. The Balaban J connectivity index is 1.38.